The molecule has 2 nitrogen and oxygen atoms in total. The molecule has 0 radical (unpaired) electrons. The van der Waals surface area contributed by atoms with Gasteiger partial charge in [-0.05, 0) is 43.0 Å². The highest BCUT2D eigenvalue weighted by Crippen LogP contribution is 2.18. The fourth-order valence-corrected chi connectivity index (χ4v) is 2.73. The lowest BCUT2D eigenvalue weighted by Crippen LogP contribution is -2.39. The summed E-state index contributed by atoms with van der Waals surface area (Å²) in [6.45, 7) is 6.35. The maximum Gasteiger partial charge on any atom is 0.123 e. The third-order valence-electron chi connectivity index (χ3n) is 3.16. The van der Waals surface area contributed by atoms with E-state index in [4.69, 9.17) is 5.84 Å². The van der Waals surface area contributed by atoms with Gasteiger partial charge in [-0.25, -0.2) is 4.39 Å². The van der Waals surface area contributed by atoms with E-state index in [0.29, 0.717) is 5.25 Å². The fourth-order valence-electron chi connectivity index (χ4n) is 1.72. The van der Waals surface area contributed by atoms with Gasteiger partial charge >= 0.3 is 0 Å². The van der Waals surface area contributed by atoms with Crippen molar-refractivity contribution in [2.24, 2.45) is 5.84 Å². The highest BCUT2D eigenvalue weighted by Gasteiger charge is 2.11. The number of hydrogen-bond donors (Lipinski definition) is 2. The van der Waals surface area contributed by atoms with Gasteiger partial charge in [0.25, 0.3) is 0 Å². The summed E-state index contributed by atoms with van der Waals surface area (Å²) >= 11 is 1.92. The second-order valence-corrected chi connectivity index (χ2v) is 6.16. The van der Waals surface area contributed by atoms with Gasteiger partial charge in [-0.15, -0.1) is 0 Å². The zero-order chi connectivity index (χ0) is 13.5. The van der Waals surface area contributed by atoms with Gasteiger partial charge < -0.3 is 0 Å². The van der Waals surface area contributed by atoms with E-state index in [9.17, 15) is 4.39 Å². The van der Waals surface area contributed by atoms with Crippen LogP contribution in [0.15, 0.2) is 18.2 Å². The Labute approximate surface area is 113 Å². The smallest absolute Gasteiger partial charge is 0.123 e. The molecule has 2 atom stereocenters. The van der Waals surface area contributed by atoms with Crippen molar-refractivity contribution < 1.29 is 4.39 Å². The first-order valence-electron chi connectivity index (χ1n) is 6.39. The molecule has 0 aliphatic heterocycles. The van der Waals surface area contributed by atoms with Crippen molar-refractivity contribution in [1.82, 2.24) is 5.43 Å². The zero-order valence-electron chi connectivity index (χ0n) is 11.4. The summed E-state index contributed by atoms with van der Waals surface area (Å²) in [5, 5.41) is 0.648. The molecule has 1 aromatic carbocycles. The molecule has 0 spiro atoms. The first-order chi connectivity index (χ1) is 8.56. The van der Waals surface area contributed by atoms with Crippen LogP contribution in [-0.2, 0) is 6.42 Å². The lowest BCUT2D eigenvalue weighted by atomic mass is 10.0. The summed E-state index contributed by atoms with van der Waals surface area (Å²) in [7, 11) is 0. The highest BCUT2D eigenvalue weighted by molar-refractivity contribution is 7.99. The Kier molecular flexibility index (Phi) is 6.68. The van der Waals surface area contributed by atoms with Gasteiger partial charge in [0, 0.05) is 17.0 Å². The largest absolute Gasteiger partial charge is 0.271 e. The van der Waals surface area contributed by atoms with Gasteiger partial charge in [-0.3, -0.25) is 11.3 Å². The molecular formula is C14H23FN2S. The number of halogens is 1. The second kappa shape index (κ2) is 7.77. The Hall–Kier alpha value is -0.580. The fraction of sp³-hybridized carbons (Fsp3) is 0.571. The highest BCUT2D eigenvalue weighted by atomic mass is 32.2. The van der Waals surface area contributed by atoms with Crippen molar-refractivity contribution in [3.8, 4) is 0 Å². The van der Waals surface area contributed by atoms with E-state index in [1.54, 1.807) is 6.07 Å². The minimum atomic E-state index is -0.178. The van der Waals surface area contributed by atoms with Crippen molar-refractivity contribution >= 4 is 11.8 Å². The Morgan fingerprint density at radius 1 is 1.44 bits per heavy atom. The van der Waals surface area contributed by atoms with Gasteiger partial charge in [0.2, 0.25) is 0 Å². The zero-order valence-corrected chi connectivity index (χ0v) is 12.2. The third kappa shape index (κ3) is 4.96. The van der Waals surface area contributed by atoms with Crippen LogP contribution in [0, 0.1) is 12.7 Å². The molecule has 0 saturated carbocycles. The average molecular weight is 270 g/mol. The van der Waals surface area contributed by atoms with Gasteiger partial charge in [0.1, 0.15) is 5.82 Å². The van der Waals surface area contributed by atoms with E-state index in [0.717, 1.165) is 29.7 Å². The van der Waals surface area contributed by atoms with E-state index in [-0.39, 0.29) is 11.9 Å². The third-order valence-corrected chi connectivity index (χ3v) is 4.66. The lowest BCUT2D eigenvalue weighted by molar-refractivity contribution is 0.571. The van der Waals surface area contributed by atoms with E-state index in [1.165, 1.54) is 6.07 Å². The monoisotopic (exact) mass is 270 g/mol. The number of aryl methyl sites for hydroxylation is 1. The molecule has 4 heteroatoms. The van der Waals surface area contributed by atoms with E-state index in [1.807, 2.05) is 24.8 Å². The number of benzene rings is 1. The summed E-state index contributed by atoms with van der Waals surface area (Å²) in [5.74, 6) is 6.39. The quantitative estimate of drug-likeness (QED) is 0.591. The second-order valence-electron chi connectivity index (χ2n) is 4.69. The van der Waals surface area contributed by atoms with E-state index < -0.39 is 0 Å². The van der Waals surface area contributed by atoms with Crippen LogP contribution >= 0.6 is 11.8 Å². The standard InChI is InChI=1S/C14H23FN2S/c1-4-11(3)18-9-14(17-16)8-12-5-6-13(15)7-10(12)2/h5-7,11,14,17H,4,8-9,16H2,1-3H3. The molecule has 3 N–H and O–H groups in total. The predicted molar refractivity (Wildman–Crippen MR) is 78.2 cm³/mol. The summed E-state index contributed by atoms with van der Waals surface area (Å²) in [4.78, 5) is 0. The Morgan fingerprint density at radius 3 is 2.72 bits per heavy atom. The van der Waals surface area contributed by atoms with Crippen LogP contribution in [-0.4, -0.2) is 17.0 Å². The van der Waals surface area contributed by atoms with Crippen molar-refractivity contribution in [3.63, 3.8) is 0 Å². The summed E-state index contributed by atoms with van der Waals surface area (Å²) < 4.78 is 13.0. The van der Waals surface area contributed by atoms with Crippen LogP contribution in [0.4, 0.5) is 4.39 Å². The Morgan fingerprint density at radius 2 is 2.17 bits per heavy atom. The molecule has 0 aromatic heterocycles. The van der Waals surface area contributed by atoms with Crippen LogP contribution in [0.3, 0.4) is 0 Å². The molecule has 18 heavy (non-hydrogen) atoms. The molecule has 0 aliphatic rings. The van der Waals surface area contributed by atoms with E-state index in [2.05, 4.69) is 19.3 Å². The topological polar surface area (TPSA) is 38.0 Å². The minimum absolute atomic E-state index is 0.178. The van der Waals surface area contributed by atoms with Crippen LogP contribution in [0.5, 0.6) is 0 Å². The molecule has 0 aliphatic carbocycles. The number of nitrogens with one attached hydrogen (secondary N) is 1. The van der Waals surface area contributed by atoms with Crippen molar-refractivity contribution in [3.05, 3.63) is 35.1 Å². The SMILES string of the molecule is CCC(C)SCC(Cc1ccc(F)cc1C)NN. The van der Waals surface area contributed by atoms with Crippen LogP contribution in [0.1, 0.15) is 31.4 Å². The van der Waals surface area contributed by atoms with Crippen molar-refractivity contribution in [1.29, 1.82) is 0 Å². The maximum absolute atomic E-state index is 13.0. The van der Waals surface area contributed by atoms with E-state index >= 15 is 0 Å². The lowest BCUT2D eigenvalue weighted by Gasteiger charge is -2.18. The van der Waals surface area contributed by atoms with Gasteiger partial charge in [0.05, 0.1) is 0 Å². The Balaban J connectivity index is 2.56. The summed E-state index contributed by atoms with van der Waals surface area (Å²) in [5.41, 5.74) is 5.00. The van der Waals surface area contributed by atoms with Crippen LogP contribution in [0.2, 0.25) is 0 Å². The molecule has 0 fully saturated rings. The van der Waals surface area contributed by atoms with Gasteiger partial charge in [-0.1, -0.05) is 19.9 Å². The normalized spacial score (nSPS) is 14.5. The average Bonchev–Trinajstić information content (AvgIpc) is 2.36. The molecular weight excluding hydrogens is 247 g/mol. The van der Waals surface area contributed by atoms with Crippen LogP contribution in [0.25, 0.3) is 0 Å². The van der Waals surface area contributed by atoms with Crippen LogP contribution < -0.4 is 11.3 Å². The summed E-state index contributed by atoms with van der Waals surface area (Å²) in [6, 6.07) is 5.17. The maximum atomic E-state index is 13.0. The van der Waals surface area contributed by atoms with Gasteiger partial charge in [-0.2, -0.15) is 11.8 Å². The number of hydrogen-bond acceptors (Lipinski definition) is 3. The number of nitrogens with two attached hydrogens (primary N) is 1. The molecule has 2 unspecified atom stereocenters. The van der Waals surface area contributed by atoms with Crippen molar-refractivity contribution in [2.75, 3.05) is 5.75 Å². The number of hydrazine groups is 1. The predicted octanol–water partition coefficient (Wildman–Crippen LogP) is 3.04. The first-order valence-corrected chi connectivity index (χ1v) is 7.44. The summed E-state index contributed by atoms with van der Waals surface area (Å²) in [6.07, 6.45) is 2.00. The molecule has 0 heterocycles. The molecule has 0 amide bonds. The number of rotatable bonds is 7. The molecule has 102 valence electrons. The number of thioether (sulfide) groups is 1. The minimum Gasteiger partial charge on any atom is -0.271 e. The first kappa shape index (κ1) is 15.5. The molecule has 1 aromatic rings. The molecule has 0 saturated heterocycles. The van der Waals surface area contributed by atoms with Gasteiger partial charge in [0.15, 0.2) is 0 Å². The van der Waals surface area contributed by atoms with Crippen molar-refractivity contribution in [2.45, 2.75) is 44.9 Å². The molecule has 0 bridgehead atoms. The molecule has 1 rings (SSSR count). The Bertz CT molecular complexity index is 371.